The van der Waals surface area contributed by atoms with E-state index in [1.54, 1.807) is 65.2 Å². The Balaban J connectivity index is 0.000000225. The van der Waals surface area contributed by atoms with Crippen LogP contribution in [-0.2, 0) is 20.1 Å². The number of nitrogens with zero attached hydrogens (tertiary/aromatic N) is 4. The predicted octanol–water partition coefficient (Wildman–Crippen LogP) is 12.5. The van der Waals surface area contributed by atoms with Gasteiger partial charge in [-0.1, -0.05) is 71.6 Å². The fourth-order valence-electron chi connectivity index (χ4n) is 7.05. The van der Waals surface area contributed by atoms with Gasteiger partial charge in [0.1, 0.15) is 5.82 Å². The van der Waals surface area contributed by atoms with Crippen LogP contribution < -0.4 is 4.40 Å². The standard InChI is InChI=1S/C35H21FN3O.C15H18GeN.Ir/c1-21-8-2-5-11-25(21)30-19-18-27-26-12-6-13-28(33(26)40-35(27)38-30)34-37-31-15-7-14-29(36)32(31)39(34)24-17-16-22-9-3-4-10-23(22)20-24;1-12-5-7-13(8-6-12)15-10-9-14(11-17-15)16(2,3)4;/h2-12,14-20H,1H3;5-7,9-11H,1-4H3;/q2*-1;/i2*1D3;. The zero-order valence-electron chi connectivity index (χ0n) is 37.8. The Kier molecular flexibility index (Phi) is 8.84. The predicted molar refractivity (Wildman–Crippen MR) is 234 cm³/mol. The van der Waals surface area contributed by atoms with Crippen molar-refractivity contribution in [3.8, 4) is 39.6 Å². The summed E-state index contributed by atoms with van der Waals surface area (Å²) < 4.78 is 71.0. The summed E-state index contributed by atoms with van der Waals surface area (Å²) in [4.78, 5) is 14.1. The zero-order valence-corrected chi connectivity index (χ0v) is 36.3. The molecule has 0 aliphatic carbocycles. The minimum atomic E-state index is -2.29. The molecule has 0 spiro atoms. The first kappa shape index (κ1) is 32.3. The van der Waals surface area contributed by atoms with Crippen molar-refractivity contribution in [2.75, 3.05) is 0 Å². The molecule has 0 aliphatic heterocycles. The molecule has 10 rings (SSSR count). The molecule has 4 aromatic heterocycles. The van der Waals surface area contributed by atoms with Crippen LogP contribution in [0.15, 0.2) is 150 Å². The van der Waals surface area contributed by atoms with Crippen LogP contribution in [0.2, 0.25) is 17.3 Å². The van der Waals surface area contributed by atoms with Gasteiger partial charge in [-0.05, 0) is 59.6 Å². The Morgan fingerprint density at radius 1 is 0.741 bits per heavy atom. The van der Waals surface area contributed by atoms with Crippen LogP contribution >= 0.6 is 0 Å². The quantitative estimate of drug-likeness (QED) is 0.127. The fourth-order valence-corrected chi connectivity index (χ4v) is 9.22. The Morgan fingerprint density at radius 2 is 1.57 bits per heavy atom. The number of furan rings is 1. The van der Waals surface area contributed by atoms with E-state index in [1.165, 1.54) is 16.5 Å². The number of aromatic nitrogens is 4. The average Bonchev–Trinajstić information content (AvgIpc) is 3.85. The van der Waals surface area contributed by atoms with Crippen LogP contribution in [0.1, 0.15) is 19.4 Å². The minimum Gasteiger partial charge on any atom is -0.486 e. The van der Waals surface area contributed by atoms with Crippen LogP contribution in [0.3, 0.4) is 0 Å². The molecular weight excluding hydrogens is 956 g/mol. The molecule has 0 unspecified atom stereocenters. The van der Waals surface area contributed by atoms with E-state index in [0.29, 0.717) is 50.5 Å². The van der Waals surface area contributed by atoms with Crippen LogP contribution in [0, 0.1) is 31.7 Å². The van der Waals surface area contributed by atoms with Crippen molar-refractivity contribution in [2.24, 2.45) is 0 Å². The third-order valence-electron chi connectivity index (χ3n) is 10.1. The maximum atomic E-state index is 15.4. The van der Waals surface area contributed by atoms with E-state index >= 15 is 4.39 Å². The maximum absolute atomic E-state index is 15.4. The van der Waals surface area contributed by atoms with Gasteiger partial charge in [0.25, 0.3) is 0 Å². The molecule has 8 heteroatoms. The summed E-state index contributed by atoms with van der Waals surface area (Å²) in [5.74, 6) is 7.07. The summed E-state index contributed by atoms with van der Waals surface area (Å²) in [6.07, 6.45) is 1.95. The van der Waals surface area contributed by atoms with Gasteiger partial charge < -0.3 is 8.98 Å². The summed E-state index contributed by atoms with van der Waals surface area (Å²) in [6.45, 7) is -4.37. The molecule has 0 atom stereocenters. The number of para-hydroxylation sites is 1. The topological polar surface area (TPSA) is 56.7 Å². The van der Waals surface area contributed by atoms with Crippen molar-refractivity contribution in [3.63, 3.8) is 0 Å². The van der Waals surface area contributed by atoms with Gasteiger partial charge in [0.15, 0.2) is 0 Å². The van der Waals surface area contributed by atoms with Gasteiger partial charge in [-0.25, -0.2) is 9.37 Å². The molecule has 0 amide bonds. The van der Waals surface area contributed by atoms with Gasteiger partial charge in [-0.3, -0.25) is 4.98 Å². The summed E-state index contributed by atoms with van der Waals surface area (Å²) in [6, 6.07) is 48.4. The Bertz CT molecular complexity index is 3270. The van der Waals surface area contributed by atoms with Crippen LogP contribution in [0.25, 0.3) is 83.5 Å². The second kappa shape index (κ2) is 15.9. The number of aryl methyl sites for hydroxylation is 2. The molecule has 287 valence electrons. The van der Waals surface area contributed by atoms with Crippen molar-refractivity contribution >= 4 is 61.5 Å². The third kappa shape index (κ3) is 7.42. The molecule has 5 nitrogen and oxygen atoms in total. The Labute approximate surface area is 361 Å². The molecule has 4 heterocycles. The van der Waals surface area contributed by atoms with Gasteiger partial charge in [-0.2, -0.15) is 0 Å². The molecule has 58 heavy (non-hydrogen) atoms. The molecule has 1 radical (unpaired) electrons. The van der Waals surface area contributed by atoms with E-state index in [-0.39, 0.29) is 31.5 Å². The van der Waals surface area contributed by atoms with Crippen LogP contribution in [-0.4, -0.2) is 32.8 Å². The molecule has 6 aromatic carbocycles. The largest absolute Gasteiger partial charge is 0.486 e. The van der Waals surface area contributed by atoms with Crippen molar-refractivity contribution in [1.82, 2.24) is 19.5 Å². The number of hydrogen-bond donors (Lipinski definition) is 0. The number of rotatable bonds is 5. The zero-order chi connectivity index (χ0) is 44.3. The van der Waals surface area contributed by atoms with E-state index in [4.69, 9.17) is 22.6 Å². The number of fused-ring (bicyclic) bond motifs is 5. The molecule has 0 saturated heterocycles. The first-order valence-electron chi connectivity index (χ1n) is 21.5. The molecule has 0 saturated carbocycles. The first-order chi connectivity index (χ1) is 30.0. The Hall–Kier alpha value is -5.73. The summed E-state index contributed by atoms with van der Waals surface area (Å²) in [5.41, 5.74) is 6.23. The smallest absolute Gasteiger partial charge is 0.216 e. The summed E-state index contributed by atoms with van der Waals surface area (Å²) >= 11 is -1.83. The minimum absolute atomic E-state index is 0. The van der Waals surface area contributed by atoms with Gasteiger partial charge >= 0.3 is 110 Å². The fraction of sp³-hybridized carbons (Fsp3) is 0.100. The molecule has 0 fully saturated rings. The second-order valence-corrected chi connectivity index (χ2v) is 25.5. The number of benzene rings is 6. The Morgan fingerprint density at radius 3 is 2.34 bits per heavy atom. The number of pyridine rings is 2. The van der Waals surface area contributed by atoms with E-state index in [1.807, 2.05) is 66.9 Å². The first-order valence-corrected chi connectivity index (χ1v) is 25.9. The van der Waals surface area contributed by atoms with Crippen molar-refractivity contribution in [3.05, 3.63) is 175 Å². The average molecular weight is 1000 g/mol. The molecule has 0 N–H and O–H groups in total. The molecule has 10 aromatic rings. The van der Waals surface area contributed by atoms with E-state index in [0.717, 1.165) is 38.5 Å². The number of halogens is 1. The van der Waals surface area contributed by atoms with Crippen molar-refractivity contribution in [1.29, 1.82) is 0 Å². The number of hydrogen-bond acceptors (Lipinski definition) is 4. The maximum Gasteiger partial charge on any atom is 0.216 e. The van der Waals surface area contributed by atoms with Crippen LogP contribution in [0.5, 0.6) is 0 Å². The van der Waals surface area contributed by atoms with E-state index < -0.39 is 27.0 Å². The van der Waals surface area contributed by atoms with Crippen molar-refractivity contribution in [2.45, 2.75) is 31.0 Å². The van der Waals surface area contributed by atoms with Gasteiger partial charge in [-0.15, -0.1) is 18.2 Å². The van der Waals surface area contributed by atoms with Gasteiger partial charge in [0, 0.05) is 40.9 Å². The molecule has 0 aliphatic rings. The van der Waals surface area contributed by atoms with Crippen molar-refractivity contribution < 1.29 is 37.1 Å². The molecule has 0 bridgehead atoms. The number of imidazole rings is 1. The monoisotopic (exact) mass is 1000 g/mol. The van der Waals surface area contributed by atoms with E-state index in [2.05, 4.69) is 40.5 Å². The van der Waals surface area contributed by atoms with Gasteiger partial charge in [0.05, 0.1) is 28.1 Å². The second-order valence-electron chi connectivity index (χ2n) is 14.9. The normalized spacial score (nSPS) is 13.4. The SMILES string of the molecule is [2H]C([2H])([2H])c1c[c-]c(-c2cc[c]([Ge]([CH3])([CH3])[CH3])cn2)cc1.[2H]C([2H])([2H])c1ccccc1-c1ccc2c(n1)oc1c(-c3nc4cccc(F)c4n3-c3ccc4ccccc4c3)[c-]ccc12.[Ir]. The van der Waals surface area contributed by atoms with Crippen LogP contribution in [0.4, 0.5) is 4.39 Å². The third-order valence-corrected chi connectivity index (χ3v) is 14.3. The summed E-state index contributed by atoms with van der Waals surface area (Å²) in [5, 5.41) is 3.65. The molecular formula is C50H39FGeIrN4O-2. The van der Waals surface area contributed by atoms with E-state index in [9.17, 15) is 0 Å². The summed E-state index contributed by atoms with van der Waals surface area (Å²) in [7, 11) is 0. The van der Waals surface area contributed by atoms with Gasteiger partial charge in [0.2, 0.25) is 5.71 Å².